The van der Waals surface area contributed by atoms with Crippen molar-refractivity contribution in [2.24, 2.45) is 5.92 Å². The lowest BCUT2D eigenvalue weighted by molar-refractivity contribution is -0.108. The zero-order valence-corrected chi connectivity index (χ0v) is 18.3. The highest BCUT2D eigenvalue weighted by Gasteiger charge is 2.38. The summed E-state index contributed by atoms with van der Waals surface area (Å²) in [6, 6.07) is 13.4. The largest absolute Gasteiger partial charge is 0.342 e. The predicted octanol–water partition coefficient (Wildman–Crippen LogP) is 4.34. The van der Waals surface area contributed by atoms with Crippen LogP contribution in [0.2, 0.25) is 5.02 Å². The number of hydrogen-bond acceptors (Lipinski definition) is 6. The average molecular weight is 460 g/mol. The minimum atomic E-state index is -3.78. The van der Waals surface area contributed by atoms with Crippen LogP contribution in [0, 0.1) is 5.92 Å². The molecule has 2 unspecified atom stereocenters. The van der Waals surface area contributed by atoms with Gasteiger partial charge in [0.2, 0.25) is 22.2 Å². The molecule has 4 rings (SSSR count). The first kappa shape index (κ1) is 21.7. The minimum absolute atomic E-state index is 0.0122. The van der Waals surface area contributed by atoms with Crippen molar-refractivity contribution in [2.75, 3.05) is 0 Å². The van der Waals surface area contributed by atoms with E-state index >= 15 is 0 Å². The first-order valence-electron chi connectivity index (χ1n) is 10.1. The van der Waals surface area contributed by atoms with Crippen LogP contribution in [-0.4, -0.2) is 35.2 Å². The molecule has 0 radical (unpaired) electrons. The summed E-state index contributed by atoms with van der Waals surface area (Å²) in [6.45, 7) is 0.206. The molecule has 9 heteroatoms. The number of benzene rings is 2. The monoisotopic (exact) mass is 459 g/mol. The van der Waals surface area contributed by atoms with E-state index in [1.54, 1.807) is 16.4 Å². The Hall–Kier alpha value is -2.55. The number of carbonyl (C=O) groups excluding carboxylic acids is 1. The van der Waals surface area contributed by atoms with Crippen molar-refractivity contribution < 1.29 is 17.7 Å². The first-order valence-corrected chi connectivity index (χ1v) is 11.9. The molecule has 0 N–H and O–H groups in total. The van der Waals surface area contributed by atoms with Crippen molar-refractivity contribution in [2.45, 2.75) is 43.2 Å². The van der Waals surface area contributed by atoms with Crippen molar-refractivity contribution in [3.63, 3.8) is 0 Å². The zero-order valence-electron chi connectivity index (χ0n) is 16.7. The summed E-state index contributed by atoms with van der Waals surface area (Å²) >= 11 is 5.96. The standard InChI is InChI=1S/C22H22ClN3O4S/c23-19-8-10-20(11-9-19)31(28,29)26(21-3-1-2-17(21)12-13-27)14-16-4-6-18(7-5-16)22-24-15-30-25-22/h4-11,13,15,17,21H,1-3,12,14H2. The molecular formula is C22H22ClN3O4S. The Morgan fingerprint density at radius 1 is 1.10 bits per heavy atom. The maximum atomic E-state index is 13.6. The van der Waals surface area contributed by atoms with E-state index in [9.17, 15) is 13.2 Å². The number of hydrogen-bond donors (Lipinski definition) is 0. The smallest absolute Gasteiger partial charge is 0.243 e. The fourth-order valence-corrected chi connectivity index (χ4v) is 5.98. The SMILES string of the molecule is O=CCC1CCCC1N(Cc1ccc(-c2ncon2)cc1)S(=O)(=O)c1ccc(Cl)cc1. The highest BCUT2D eigenvalue weighted by atomic mass is 35.5. The first-order chi connectivity index (χ1) is 15.0. The van der Waals surface area contributed by atoms with E-state index in [-0.39, 0.29) is 23.4 Å². The molecule has 2 aromatic carbocycles. The topological polar surface area (TPSA) is 93.4 Å². The maximum Gasteiger partial charge on any atom is 0.243 e. The fraction of sp³-hybridized carbons (Fsp3) is 0.318. The fourth-order valence-electron chi connectivity index (χ4n) is 4.15. The second kappa shape index (κ2) is 9.30. The summed E-state index contributed by atoms with van der Waals surface area (Å²) < 4.78 is 33.5. The van der Waals surface area contributed by atoms with Crippen LogP contribution >= 0.6 is 11.6 Å². The Balaban J connectivity index is 1.67. The van der Waals surface area contributed by atoms with Gasteiger partial charge in [-0.25, -0.2) is 8.42 Å². The molecule has 1 aliphatic rings. The molecule has 1 saturated carbocycles. The number of carbonyl (C=O) groups is 1. The van der Waals surface area contributed by atoms with Gasteiger partial charge in [0.15, 0.2) is 0 Å². The normalized spacial score (nSPS) is 19.0. The van der Waals surface area contributed by atoms with E-state index in [0.29, 0.717) is 17.3 Å². The van der Waals surface area contributed by atoms with Gasteiger partial charge < -0.3 is 9.32 Å². The molecule has 0 aliphatic heterocycles. The van der Waals surface area contributed by atoms with E-state index in [1.807, 2.05) is 24.3 Å². The predicted molar refractivity (Wildman–Crippen MR) is 116 cm³/mol. The van der Waals surface area contributed by atoms with Crippen LogP contribution < -0.4 is 0 Å². The molecule has 0 saturated heterocycles. The molecular weight excluding hydrogens is 438 g/mol. The third-order valence-corrected chi connectivity index (χ3v) is 7.86. The van der Waals surface area contributed by atoms with Crippen molar-refractivity contribution in [3.8, 4) is 11.4 Å². The molecule has 1 heterocycles. The van der Waals surface area contributed by atoms with Crippen molar-refractivity contribution in [1.29, 1.82) is 0 Å². The third kappa shape index (κ3) is 4.71. The summed E-state index contributed by atoms with van der Waals surface area (Å²) in [5.74, 6) is 0.484. The van der Waals surface area contributed by atoms with Gasteiger partial charge >= 0.3 is 0 Å². The van der Waals surface area contributed by atoms with Crippen LogP contribution in [0.15, 0.2) is 64.3 Å². The Morgan fingerprint density at radius 3 is 2.48 bits per heavy atom. The number of sulfonamides is 1. The summed E-state index contributed by atoms with van der Waals surface area (Å²) in [4.78, 5) is 15.4. The van der Waals surface area contributed by atoms with E-state index in [4.69, 9.17) is 16.1 Å². The van der Waals surface area contributed by atoms with Gasteiger partial charge in [0.05, 0.1) is 4.90 Å². The number of rotatable bonds is 8. The van der Waals surface area contributed by atoms with Crippen LogP contribution in [0.3, 0.4) is 0 Å². The Labute approximate surface area is 186 Å². The van der Waals surface area contributed by atoms with Gasteiger partial charge in [0.25, 0.3) is 0 Å². The quantitative estimate of drug-likeness (QED) is 0.465. The molecule has 1 aromatic heterocycles. The molecule has 7 nitrogen and oxygen atoms in total. The number of halogens is 1. The van der Waals surface area contributed by atoms with Gasteiger partial charge in [0.1, 0.15) is 6.29 Å². The van der Waals surface area contributed by atoms with E-state index in [2.05, 4.69) is 10.1 Å². The molecule has 0 amide bonds. The molecule has 1 aliphatic carbocycles. The molecule has 2 atom stereocenters. The molecule has 3 aromatic rings. The second-order valence-electron chi connectivity index (χ2n) is 7.62. The summed E-state index contributed by atoms with van der Waals surface area (Å²) in [6.07, 6.45) is 4.96. The summed E-state index contributed by atoms with van der Waals surface area (Å²) in [5, 5.41) is 4.29. The van der Waals surface area contributed by atoms with E-state index < -0.39 is 10.0 Å². The highest BCUT2D eigenvalue weighted by molar-refractivity contribution is 7.89. The Bertz CT molecular complexity index is 1120. The maximum absolute atomic E-state index is 13.6. The highest BCUT2D eigenvalue weighted by Crippen LogP contribution is 2.36. The van der Waals surface area contributed by atoms with Gasteiger partial charge in [0, 0.05) is 29.6 Å². The van der Waals surface area contributed by atoms with Crippen LogP contribution in [0.4, 0.5) is 0 Å². The molecule has 0 bridgehead atoms. The Kier molecular flexibility index (Phi) is 6.50. The summed E-state index contributed by atoms with van der Waals surface area (Å²) in [7, 11) is -3.78. The number of aromatic nitrogens is 2. The average Bonchev–Trinajstić information content (AvgIpc) is 3.45. The van der Waals surface area contributed by atoms with E-state index in [1.165, 1.54) is 18.5 Å². The van der Waals surface area contributed by atoms with Crippen LogP contribution in [0.25, 0.3) is 11.4 Å². The van der Waals surface area contributed by atoms with Gasteiger partial charge in [-0.15, -0.1) is 0 Å². The van der Waals surface area contributed by atoms with E-state index in [0.717, 1.165) is 36.7 Å². The zero-order chi connectivity index (χ0) is 21.8. The van der Waals surface area contributed by atoms with Gasteiger partial charge in [-0.2, -0.15) is 9.29 Å². The molecule has 162 valence electrons. The van der Waals surface area contributed by atoms with Crippen LogP contribution in [-0.2, 0) is 21.4 Å². The van der Waals surface area contributed by atoms with Gasteiger partial charge in [-0.1, -0.05) is 47.4 Å². The van der Waals surface area contributed by atoms with Crippen molar-refractivity contribution in [1.82, 2.24) is 14.4 Å². The molecule has 0 spiro atoms. The van der Waals surface area contributed by atoms with Crippen LogP contribution in [0.1, 0.15) is 31.2 Å². The second-order valence-corrected chi connectivity index (χ2v) is 9.94. The minimum Gasteiger partial charge on any atom is -0.342 e. The lowest BCUT2D eigenvalue weighted by Gasteiger charge is -2.32. The lowest BCUT2D eigenvalue weighted by Crippen LogP contribution is -2.42. The van der Waals surface area contributed by atoms with Gasteiger partial charge in [-0.3, -0.25) is 0 Å². The summed E-state index contributed by atoms with van der Waals surface area (Å²) in [5.41, 5.74) is 1.62. The number of nitrogens with zero attached hydrogens (tertiary/aromatic N) is 3. The van der Waals surface area contributed by atoms with Crippen LogP contribution in [0.5, 0.6) is 0 Å². The third-order valence-electron chi connectivity index (χ3n) is 5.72. The van der Waals surface area contributed by atoms with Crippen molar-refractivity contribution in [3.05, 3.63) is 65.5 Å². The molecule has 31 heavy (non-hydrogen) atoms. The molecule has 1 fully saturated rings. The van der Waals surface area contributed by atoms with Gasteiger partial charge in [-0.05, 0) is 48.6 Å². The lowest BCUT2D eigenvalue weighted by atomic mass is 10.00. The Morgan fingerprint density at radius 2 is 1.84 bits per heavy atom. The van der Waals surface area contributed by atoms with Crippen molar-refractivity contribution >= 4 is 27.9 Å². The number of aldehydes is 1.